The van der Waals surface area contributed by atoms with Crippen LogP contribution in [0.3, 0.4) is 0 Å². The highest BCUT2D eigenvalue weighted by Crippen LogP contribution is 2.29. The Balaban J connectivity index is 0.000000233. The van der Waals surface area contributed by atoms with E-state index in [1.54, 1.807) is 12.4 Å². The number of benzene rings is 3. The first-order chi connectivity index (χ1) is 15.8. The predicted octanol–water partition coefficient (Wildman–Crippen LogP) is 7.38. The van der Waals surface area contributed by atoms with Crippen molar-refractivity contribution in [1.82, 2.24) is 19.9 Å². The maximum Gasteiger partial charge on any atom is 0.142 e. The summed E-state index contributed by atoms with van der Waals surface area (Å²) in [4.78, 5) is 15.2. The fourth-order valence-electron chi connectivity index (χ4n) is 3.38. The molecule has 178 valence electrons. The number of imidazole rings is 2. The molecular weight excluding hydrogens is 424 g/mol. The fraction of sp³-hybridized carbons (Fsp3) is 0.214. The summed E-state index contributed by atoms with van der Waals surface area (Å²) in [6, 6.07) is 23.8. The summed E-state index contributed by atoms with van der Waals surface area (Å²) in [5, 5.41) is 0. The average molecular weight is 459 g/mol. The van der Waals surface area contributed by atoms with E-state index < -0.39 is 0 Å². The van der Waals surface area contributed by atoms with Crippen LogP contribution in [0.2, 0.25) is 0 Å². The minimum atomic E-state index is 0. The monoisotopic (exact) mass is 458 g/mol. The smallest absolute Gasteiger partial charge is 0.142 e. The molecule has 0 unspecified atom stereocenters. The molecule has 0 aliphatic heterocycles. The number of hydrogen-bond donors (Lipinski definition) is 2. The Morgan fingerprint density at radius 2 is 1.26 bits per heavy atom. The van der Waals surface area contributed by atoms with Crippen LogP contribution in [0.5, 0.6) is 11.5 Å². The summed E-state index contributed by atoms with van der Waals surface area (Å²) < 4.78 is 11.1. The second-order valence-electron chi connectivity index (χ2n) is 6.90. The van der Waals surface area contributed by atoms with Crippen molar-refractivity contribution in [1.29, 1.82) is 0 Å². The molecule has 0 atom stereocenters. The summed E-state index contributed by atoms with van der Waals surface area (Å²) in [7, 11) is 0. The van der Waals surface area contributed by atoms with E-state index >= 15 is 0 Å². The van der Waals surface area contributed by atoms with Gasteiger partial charge in [-0.1, -0.05) is 51.3 Å². The zero-order chi connectivity index (χ0) is 22.2. The molecule has 6 nitrogen and oxygen atoms in total. The van der Waals surface area contributed by atoms with E-state index in [-0.39, 0.29) is 14.9 Å². The number of ether oxygens (including phenoxy) is 2. The van der Waals surface area contributed by atoms with Gasteiger partial charge in [0, 0.05) is 12.4 Å². The average Bonchev–Trinajstić information content (AvgIpc) is 3.51. The molecule has 0 fully saturated rings. The Morgan fingerprint density at radius 3 is 1.82 bits per heavy atom. The topological polar surface area (TPSA) is 75.8 Å². The van der Waals surface area contributed by atoms with E-state index in [1.165, 1.54) is 0 Å². The summed E-state index contributed by atoms with van der Waals surface area (Å²) in [5.41, 5.74) is 4.01. The Hall–Kier alpha value is -4.06. The summed E-state index contributed by atoms with van der Waals surface area (Å²) in [6.45, 7) is 5.27. The highest BCUT2D eigenvalue weighted by molar-refractivity contribution is 5.80. The van der Waals surface area contributed by atoms with Gasteiger partial charge in [0.25, 0.3) is 0 Å². The van der Waals surface area contributed by atoms with Gasteiger partial charge in [0.2, 0.25) is 0 Å². The number of H-pyrrole nitrogens is 2. The van der Waals surface area contributed by atoms with E-state index in [4.69, 9.17) is 9.47 Å². The molecule has 0 aliphatic carbocycles. The van der Waals surface area contributed by atoms with E-state index in [9.17, 15) is 0 Å². The fourth-order valence-corrected chi connectivity index (χ4v) is 3.38. The predicted molar refractivity (Wildman–Crippen MR) is 141 cm³/mol. The molecule has 5 rings (SSSR count). The second kappa shape index (κ2) is 12.8. The van der Waals surface area contributed by atoms with Gasteiger partial charge in [0.15, 0.2) is 0 Å². The van der Waals surface area contributed by atoms with Crippen LogP contribution in [-0.4, -0.2) is 33.1 Å². The third kappa shape index (κ3) is 6.04. The van der Waals surface area contributed by atoms with Gasteiger partial charge in [-0.25, -0.2) is 9.97 Å². The SMILES string of the molecule is C.C.CCOc1ccccc1-c1nc2ccccc2[nH]1.CCOc1ccccc1-c1ncc[nH]1. The van der Waals surface area contributed by atoms with Crippen molar-refractivity contribution in [2.45, 2.75) is 28.7 Å². The first-order valence-electron chi connectivity index (χ1n) is 10.7. The van der Waals surface area contributed by atoms with Gasteiger partial charge in [0.1, 0.15) is 23.1 Å². The van der Waals surface area contributed by atoms with Gasteiger partial charge >= 0.3 is 0 Å². The first kappa shape index (κ1) is 26.2. The van der Waals surface area contributed by atoms with E-state index in [0.717, 1.165) is 45.3 Å². The van der Waals surface area contributed by atoms with Crippen LogP contribution in [0, 0.1) is 0 Å². The quantitative estimate of drug-likeness (QED) is 0.278. The molecule has 0 amide bonds. The number of fused-ring (bicyclic) bond motifs is 1. The number of rotatable bonds is 6. The van der Waals surface area contributed by atoms with Gasteiger partial charge in [-0.3, -0.25) is 0 Å². The maximum atomic E-state index is 5.63. The van der Waals surface area contributed by atoms with Crippen molar-refractivity contribution in [3.63, 3.8) is 0 Å². The molecule has 5 aromatic rings. The maximum absolute atomic E-state index is 5.63. The van der Waals surface area contributed by atoms with Crippen molar-refractivity contribution in [3.8, 4) is 34.3 Å². The largest absolute Gasteiger partial charge is 0.493 e. The van der Waals surface area contributed by atoms with Gasteiger partial charge in [-0.05, 0) is 50.2 Å². The van der Waals surface area contributed by atoms with E-state index in [1.807, 2.05) is 86.6 Å². The molecule has 2 aromatic heterocycles. The number of nitrogens with zero attached hydrogens (tertiary/aromatic N) is 2. The lowest BCUT2D eigenvalue weighted by Crippen LogP contribution is -1.94. The molecular formula is C28H34N4O2. The normalized spacial score (nSPS) is 9.82. The highest BCUT2D eigenvalue weighted by Gasteiger charge is 2.09. The number of hydrogen-bond acceptors (Lipinski definition) is 4. The van der Waals surface area contributed by atoms with Crippen LogP contribution >= 0.6 is 0 Å². The molecule has 0 saturated heterocycles. The Morgan fingerprint density at radius 1 is 0.706 bits per heavy atom. The van der Waals surface area contributed by atoms with E-state index in [0.29, 0.717) is 13.2 Å². The zero-order valence-corrected chi connectivity index (χ0v) is 18.2. The molecule has 0 spiro atoms. The number of aromatic nitrogens is 4. The van der Waals surface area contributed by atoms with Crippen molar-refractivity contribution in [2.75, 3.05) is 13.2 Å². The van der Waals surface area contributed by atoms with Gasteiger partial charge in [0.05, 0.1) is 35.4 Å². The number of nitrogens with one attached hydrogen (secondary N) is 2. The Bertz CT molecular complexity index is 1230. The zero-order valence-electron chi connectivity index (χ0n) is 18.2. The molecule has 0 bridgehead atoms. The van der Waals surface area contributed by atoms with Crippen molar-refractivity contribution in [2.24, 2.45) is 0 Å². The lowest BCUT2D eigenvalue weighted by atomic mass is 10.2. The minimum absolute atomic E-state index is 0. The van der Waals surface area contributed by atoms with Crippen molar-refractivity contribution < 1.29 is 9.47 Å². The molecule has 0 saturated carbocycles. The van der Waals surface area contributed by atoms with Crippen LogP contribution in [0.4, 0.5) is 0 Å². The Kier molecular flexibility index (Phi) is 9.90. The van der Waals surface area contributed by atoms with Crippen LogP contribution in [0.1, 0.15) is 28.7 Å². The first-order valence-corrected chi connectivity index (χ1v) is 10.7. The summed E-state index contributed by atoms with van der Waals surface area (Å²) in [5.74, 6) is 3.42. The standard InChI is InChI=1S/C15H14N2O.C11H12N2O.2CH4/c1-2-18-14-10-6-3-7-11(14)15-16-12-8-4-5-9-13(12)17-15;1-2-14-10-6-4-3-5-9(10)11-12-7-8-13-11;;/h3-10H,2H2,1H3,(H,16,17);3-8H,2H2,1H3,(H,12,13);2*1H4. The van der Waals surface area contributed by atoms with E-state index in [2.05, 4.69) is 19.9 Å². The molecule has 2 heterocycles. The summed E-state index contributed by atoms with van der Waals surface area (Å²) >= 11 is 0. The lowest BCUT2D eigenvalue weighted by Gasteiger charge is -2.07. The molecule has 3 aromatic carbocycles. The van der Waals surface area contributed by atoms with Crippen LogP contribution in [-0.2, 0) is 0 Å². The molecule has 34 heavy (non-hydrogen) atoms. The van der Waals surface area contributed by atoms with Gasteiger partial charge < -0.3 is 19.4 Å². The van der Waals surface area contributed by atoms with Gasteiger partial charge in [-0.15, -0.1) is 0 Å². The van der Waals surface area contributed by atoms with Crippen LogP contribution < -0.4 is 9.47 Å². The number of aromatic amines is 2. The van der Waals surface area contributed by atoms with Crippen molar-refractivity contribution >= 4 is 11.0 Å². The van der Waals surface area contributed by atoms with Gasteiger partial charge in [-0.2, -0.15) is 0 Å². The summed E-state index contributed by atoms with van der Waals surface area (Å²) in [6.07, 6.45) is 3.54. The molecule has 0 radical (unpaired) electrons. The lowest BCUT2D eigenvalue weighted by molar-refractivity contribution is 0.341. The molecule has 6 heteroatoms. The van der Waals surface area contributed by atoms with Crippen LogP contribution in [0.15, 0.2) is 85.2 Å². The minimum Gasteiger partial charge on any atom is -0.493 e. The Labute approximate surface area is 202 Å². The molecule has 0 aliphatic rings. The number of para-hydroxylation sites is 4. The van der Waals surface area contributed by atoms with Crippen LogP contribution in [0.25, 0.3) is 33.8 Å². The van der Waals surface area contributed by atoms with Crippen molar-refractivity contribution in [3.05, 3.63) is 85.2 Å². The second-order valence-corrected chi connectivity index (χ2v) is 6.90. The highest BCUT2D eigenvalue weighted by atomic mass is 16.5. The molecule has 2 N–H and O–H groups in total. The third-order valence-electron chi connectivity index (χ3n) is 4.77. The third-order valence-corrected chi connectivity index (χ3v) is 4.77.